The number of hydrogen-bond donors (Lipinski definition) is 1. The number of hydrogen-bond acceptors (Lipinski definition) is 3. The molecular weight excluding hydrogens is 377 g/mol. The maximum atomic E-state index is 13.8. The van der Waals surface area contributed by atoms with Crippen molar-refractivity contribution in [1.29, 1.82) is 0 Å². The number of nitrogens with zero attached hydrogens (tertiary/aromatic N) is 2. The van der Waals surface area contributed by atoms with Gasteiger partial charge in [0.05, 0.1) is 15.2 Å². The van der Waals surface area contributed by atoms with Crippen molar-refractivity contribution in [2.24, 2.45) is 0 Å². The van der Waals surface area contributed by atoms with E-state index in [1.165, 1.54) is 0 Å². The van der Waals surface area contributed by atoms with Gasteiger partial charge < -0.3 is 9.67 Å². The minimum absolute atomic E-state index is 0.147. The van der Waals surface area contributed by atoms with Gasteiger partial charge in [-0.1, -0.05) is 18.2 Å². The average molecular weight is 390 g/mol. The zero-order valence-corrected chi connectivity index (χ0v) is 14.7. The first-order valence-corrected chi connectivity index (χ1v) is 8.97. The summed E-state index contributed by atoms with van der Waals surface area (Å²) in [6.07, 6.45) is 2.70. The summed E-state index contributed by atoms with van der Waals surface area (Å²) in [5.41, 5.74) is 1.58. The second-order valence-electron chi connectivity index (χ2n) is 6.13. The predicted molar refractivity (Wildman–Crippen MR) is 96.5 cm³/mol. The molecule has 0 aliphatic heterocycles. The number of aromatic nitrogens is 2. The Balaban J connectivity index is 1.66. The van der Waals surface area contributed by atoms with Crippen LogP contribution in [-0.4, -0.2) is 20.6 Å². The number of carbonyl (C=O) groups is 1. The minimum Gasteiger partial charge on any atom is -0.480 e. The normalized spacial score (nSPS) is 11.5. The van der Waals surface area contributed by atoms with Crippen LogP contribution in [0.3, 0.4) is 0 Å². The Kier molecular flexibility index (Phi) is 4.35. The van der Waals surface area contributed by atoms with Gasteiger partial charge >= 0.3 is 5.97 Å². The van der Waals surface area contributed by atoms with E-state index < -0.39 is 23.4 Å². The van der Waals surface area contributed by atoms with Crippen molar-refractivity contribution < 1.29 is 23.1 Å². The number of thiazole rings is 1. The second kappa shape index (κ2) is 6.70. The van der Waals surface area contributed by atoms with Crippen LogP contribution in [0, 0.1) is 17.5 Å². The molecule has 138 valence electrons. The molecular formula is C19H13F3N2O2S. The van der Waals surface area contributed by atoms with Crippen molar-refractivity contribution in [2.45, 2.75) is 19.4 Å². The number of benzene rings is 2. The lowest BCUT2D eigenvalue weighted by Gasteiger charge is -2.07. The maximum absolute atomic E-state index is 13.8. The Hall–Kier alpha value is -2.87. The first-order valence-electron chi connectivity index (χ1n) is 8.15. The molecule has 4 nitrogen and oxygen atoms in total. The van der Waals surface area contributed by atoms with Crippen molar-refractivity contribution in [2.75, 3.05) is 0 Å². The summed E-state index contributed by atoms with van der Waals surface area (Å²) in [5.74, 6) is -4.96. The first kappa shape index (κ1) is 17.5. The molecule has 0 amide bonds. The van der Waals surface area contributed by atoms with Gasteiger partial charge in [-0.05, 0) is 29.5 Å². The molecule has 0 bridgehead atoms. The summed E-state index contributed by atoms with van der Waals surface area (Å²) in [5, 5.41) is 10.6. The van der Waals surface area contributed by atoms with Gasteiger partial charge in [0, 0.05) is 12.6 Å². The molecule has 2 aromatic carbocycles. The van der Waals surface area contributed by atoms with Crippen LogP contribution in [0.15, 0.2) is 36.5 Å². The Labute approximate surface area is 155 Å². The molecule has 2 heterocycles. The summed E-state index contributed by atoms with van der Waals surface area (Å²) >= 11 is 1.12. The number of carboxylic acids is 1. The van der Waals surface area contributed by atoms with E-state index in [4.69, 9.17) is 5.11 Å². The molecule has 0 saturated carbocycles. The van der Waals surface area contributed by atoms with Crippen LogP contribution in [0.4, 0.5) is 13.2 Å². The van der Waals surface area contributed by atoms with Crippen molar-refractivity contribution in [3.8, 4) is 0 Å². The fourth-order valence-electron chi connectivity index (χ4n) is 3.19. The van der Waals surface area contributed by atoms with Gasteiger partial charge in [-0.3, -0.25) is 4.79 Å². The van der Waals surface area contributed by atoms with E-state index >= 15 is 0 Å². The number of carboxylic acid groups (broad SMARTS) is 1. The van der Waals surface area contributed by atoms with E-state index in [1.54, 1.807) is 10.8 Å². The third-order valence-corrected chi connectivity index (χ3v) is 5.41. The van der Waals surface area contributed by atoms with Gasteiger partial charge in [0.15, 0.2) is 17.5 Å². The molecule has 0 aliphatic rings. The molecule has 0 radical (unpaired) electrons. The van der Waals surface area contributed by atoms with Gasteiger partial charge in [-0.15, -0.1) is 11.3 Å². The van der Waals surface area contributed by atoms with Crippen molar-refractivity contribution in [3.05, 3.63) is 64.6 Å². The molecule has 8 heteroatoms. The molecule has 0 unspecified atom stereocenters. The average Bonchev–Trinajstić information content (AvgIpc) is 3.22. The van der Waals surface area contributed by atoms with E-state index in [0.29, 0.717) is 17.8 Å². The highest BCUT2D eigenvalue weighted by atomic mass is 32.1. The van der Waals surface area contributed by atoms with E-state index in [0.717, 1.165) is 33.9 Å². The largest absolute Gasteiger partial charge is 0.480 e. The molecule has 1 N–H and O–H groups in total. The SMILES string of the molecule is O=C(O)Cn1ccc2cccc(CCc3nc4c(F)c(F)c(F)cc4s3)c21. The van der Waals surface area contributed by atoms with Crippen LogP contribution in [0.25, 0.3) is 21.1 Å². The van der Waals surface area contributed by atoms with E-state index in [1.807, 2.05) is 24.3 Å². The Morgan fingerprint density at radius 1 is 1.15 bits per heavy atom. The van der Waals surface area contributed by atoms with Gasteiger partial charge in [-0.25, -0.2) is 18.2 Å². The van der Waals surface area contributed by atoms with Crippen molar-refractivity contribution >= 4 is 38.4 Å². The van der Waals surface area contributed by atoms with E-state index in [-0.39, 0.29) is 16.8 Å². The fraction of sp³-hybridized carbons (Fsp3) is 0.158. The van der Waals surface area contributed by atoms with E-state index in [9.17, 15) is 18.0 Å². The summed E-state index contributed by atoms with van der Waals surface area (Å²) in [6, 6.07) is 8.48. The van der Waals surface area contributed by atoms with Gasteiger partial charge in [0.25, 0.3) is 0 Å². The molecule has 0 saturated heterocycles. The van der Waals surface area contributed by atoms with Crippen molar-refractivity contribution in [1.82, 2.24) is 9.55 Å². The minimum atomic E-state index is -1.52. The van der Waals surface area contributed by atoms with Crippen LogP contribution in [0.2, 0.25) is 0 Å². The van der Waals surface area contributed by atoms with Gasteiger partial charge in [-0.2, -0.15) is 0 Å². The highest BCUT2D eigenvalue weighted by Gasteiger charge is 2.18. The second-order valence-corrected chi connectivity index (χ2v) is 7.25. The number of halogens is 3. The third-order valence-electron chi connectivity index (χ3n) is 4.35. The Morgan fingerprint density at radius 3 is 2.74 bits per heavy atom. The highest BCUT2D eigenvalue weighted by Crippen LogP contribution is 2.29. The standard InChI is InChI=1S/C19H13F3N2O2S/c20-12-8-13-18(17(22)16(12)21)23-14(27-13)5-4-10-2-1-3-11-6-7-24(19(10)11)9-15(25)26/h1-3,6-8H,4-5,9H2,(H,25,26). The fourth-order valence-corrected chi connectivity index (χ4v) is 4.18. The Bertz CT molecular complexity index is 1180. The summed E-state index contributed by atoms with van der Waals surface area (Å²) < 4.78 is 42.5. The molecule has 4 rings (SSSR count). The number of rotatable bonds is 5. The maximum Gasteiger partial charge on any atom is 0.323 e. The molecule has 0 spiro atoms. The molecule has 0 fully saturated rings. The zero-order chi connectivity index (χ0) is 19.1. The van der Waals surface area contributed by atoms with Gasteiger partial charge in [0.2, 0.25) is 0 Å². The van der Waals surface area contributed by atoms with Crippen LogP contribution >= 0.6 is 11.3 Å². The summed E-state index contributed by atoms with van der Waals surface area (Å²) in [6.45, 7) is -0.147. The number of para-hydroxylation sites is 1. The first-order chi connectivity index (χ1) is 12.9. The van der Waals surface area contributed by atoms with Crippen LogP contribution in [0.1, 0.15) is 10.6 Å². The zero-order valence-electron chi connectivity index (χ0n) is 13.9. The summed E-state index contributed by atoms with van der Waals surface area (Å²) in [4.78, 5) is 15.2. The quantitative estimate of drug-likeness (QED) is 0.509. The lowest BCUT2D eigenvalue weighted by atomic mass is 10.1. The highest BCUT2D eigenvalue weighted by molar-refractivity contribution is 7.18. The summed E-state index contributed by atoms with van der Waals surface area (Å²) in [7, 11) is 0. The number of fused-ring (bicyclic) bond motifs is 2. The van der Waals surface area contributed by atoms with Gasteiger partial charge in [0.1, 0.15) is 12.1 Å². The number of aliphatic carboxylic acids is 1. The smallest absolute Gasteiger partial charge is 0.323 e. The lowest BCUT2D eigenvalue weighted by Crippen LogP contribution is -2.08. The molecule has 27 heavy (non-hydrogen) atoms. The Morgan fingerprint density at radius 2 is 1.96 bits per heavy atom. The van der Waals surface area contributed by atoms with E-state index in [2.05, 4.69) is 4.98 Å². The molecule has 4 aromatic rings. The predicted octanol–water partition coefficient (Wildman–Crippen LogP) is 4.54. The molecule has 2 aromatic heterocycles. The third kappa shape index (κ3) is 3.16. The van der Waals surface area contributed by atoms with Crippen molar-refractivity contribution in [3.63, 3.8) is 0 Å². The van der Waals surface area contributed by atoms with Crippen LogP contribution in [-0.2, 0) is 24.2 Å². The topological polar surface area (TPSA) is 55.1 Å². The molecule has 0 aliphatic carbocycles. The van der Waals surface area contributed by atoms with Crippen LogP contribution in [0.5, 0.6) is 0 Å². The lowest BCUT2D eigenvalue weighted by molar-refractivity contribution is -0.137. The number of aryl methyl sites for hydroxylation is 2. The van der Waals surface area contributed by atoms with Crippen LogP contribution < -0.4 is 0 Å². The molecule has 0 atom stereocenters. The monoisotopic (exact) mass is 390 g/mol.